The van der Waals surface area contributed by atoms with Crippen LogP contribution >= 0.6 is 0 Å². The quantitative estimate of drug-likeness (QED) is 0.152. The average Bonchev–Trinajstić information content (AvgIpc) is 3.60. The van der Waals surface area contributed by atoms with Crippen molar-refractivity contribution in [1.29, 1.82) is 0 Å². The van der Waals surface area contributed by atoms with Crippen LogP contribution in [0.5, 0.6) is 5.75 Å². The summed E-state index contributed by atoms with van der Waals surface area (Å²) in [4.78, 5) is 44.0. The first kappa shape index (κ1) is 43.0. The molecular formula is C45H55F2N9O5. The number of fused-ring (bicyclic) bond motifs is 1. The lowest BCUT2D eigenvalue weighted by atomic mass is 9.90. The van der Waals surface area contributed by atoms with Crippen molar-refractivity contribution in [2.24, 2.45) is 23.1 Å². The van der Waals surface area contributed by atoms with Crippen molar-refractivity contribution in [2.75, 3.05) is 70.5 Å². The van der Waals surface area contributed by atoms with Crippen LogP contribution < -0.4 is 27.4 Å². The Balaban J connectivity index is 0.000000236. The number of nitrogens with zero attached hydrogens (tertiary/aromatic N) is 5. The minimum absolute atomic E-state index is 0.123. The van der Waals surface area contributed by atoms with Crippen molar-refractivity contribution in [2.45, 2.75) is 44.6 Å². The Bertz CT molecular complexity index is 2280. The molecular weight excluding hydrogens is 785 g/mol. The summed E-state index contributed by atoms with van der Waals surface area (Å²) in [6.45, 7) is 6.63. The lowest BCUT2D eigenvalue weighted by Gasteiger charge is -2.42. The number of morpholine rings is 1. The third kappa shape index (κ3) is 9.76. The van der Waals surface area contributed by atoms with Gasteiger partial charge in [0.1, 0.15) is 11.6 Å². The third-order valence-electron chi connectivity index (χ3n) is 12.0. The fourth-order valence-corrected chi connectivity index (χ4v) is 8.80. The van der Waals surface area contributed by atoms with Gasteiger partial charge in [-0.2, -0.15) is 0 Å². The fraction of sp³-hybridized carbons (Fsp3) is 0.400. The molecule has 0 saturated carbocycles. The number of anilines is 1. The molecule has 1 atom stereocenters. The number of carbonyl (C=O) groups is 3. The van der Waals surface area contributed by atoms with E-state index < -0.39 is 24.4 Å². The maximum atomic E-state index is 15.2. The van der Waals surface area contributed by atoms with E-state index in [0.717, 1.165) is 48.2 Å². The van der Waals surface area contributed by atoms with Gasteiger partial charge in [0, 0.05) is 92.1 Å². The van der Waals surface area contributed by atoms with Crippen LogP contribution in [0.2, 0.25) is 0 Å². The van der Waals surface area contributed by atoms with E-state index in [-0.39, 0.29) is 42.3 Å². The molecule has 4 aliphatic rings. The first-order chi connectivity index (χ1) is 29.3. The monoisotopic (exact) mass is 839 g/mol. The molecule has 0 aliphatic carbocycles. The zero-order chi connectivity index (χ0) is 43.3. The second-order valence-corrected chi connectivity index (χ2v) is 16.0. The van der Waals surface area contributed by atoms with Crippen molar-refractivity contribution in [3.05, 3.63) is 113 Å². The number of urea groups is 1. The van der Waals surface area contributed by atoms with Crippen LogP contribution in [-0.2, 0) is 9.53 Å². The summed E-state index contributed by atoms with van der Waals surface area (Å²) in [5.41, 5.74) is 22.5. The Morgan fingerprint density at radius 3 is 2.26 bits per heavy atom. The van der Waals surface area contributed by atoms with Crippen LogP contribution in [0.1, 0.15) is 53.3 Å². The van der Waals surface area contributed by atoms with Crippen LogP contribution in [0.3, 0.4) is 0 Å². The Labute approximate surface area is 354 Å². The number of aromatic nitrogens is 1. The van der Waals surface area contributed by atoms with E-state index in [4.69, 9.17) is 21.9 Å². The molecule has 0 radical (unpaired) electrons. The summed E-state index contributed by atoms with van der Waals surface area (Å²) in [5, 5.41) is 13.2. The minimum Gasteiger partial charge on any atom is -0.507 e. The van der Waals surface area contributed by atoms with Gasteiger partial charge in [-0.1, -0.05) is 36.4 Å². The topological polar surface area (TPSA) is 189 Å². The molecule has 5 heterocycles. The van der Waals surface area contributed by atoms with Gasteiger partial charge in [0.2, 0.25) is 5.91 Å². The number of ether oxygens (including phenoxy) is 1. The molecule has 8 N–H and O–H groups in total. The molecule has 4 fully saturated rings. The number of hydrogen-bond acceptors (Lipinski definition) is 10. The highest BCUT2D eigenvalue weighted by atomic mass is 19.3. The molecule has 61 heavy (non-hydrogen) atoms. The number of phenolic OH excluding ortho intramolecular Hbond substituents is 1. The number of benzene rings is 3. The first-order valence-electron chi connectivity index (χ1n) is 20.8. The van der Waals surface area contributed by atoms with Crippen molar-refractivity contribution < 1.29 is 33.0 Å². The van der Waals surface area contributed by atoms with Crippen LogP contribution in [0.15, 0.2) is 96.5 Å². The number of hydrogen-bond donors (Lipinski definition) is 5. The predicted molar refractivity (Wildman–Crippen MR) is 230 cm³/mol. The summed E-state index contributed by atoms with van der Waals surface area (Å²) >= 11 is 0. The molecule has 4 amide bonds. The highest BCUT2D eigenvalue weighted by Gasteiger charge is 2.46. The number of nitrogens with two attached hydrogens (primary N) is 3. The molecule has 1 aromatic heterocycles. The van der Waals surface area contributed by atoms with Crippen molar-refractivity contribution >= 4 is 40.1 Å². The van der Waals surface area contributed by atoms with Gasteiger partial charge < -0.3 is 46.3 Å². The fourth-order valence-electron chi connectivity index (χ4n) is 8.80. The Hall–Kier alpha value is -6.13. The smallest absolute Gasteiger partial charge is 0.328 e. The number of para-hydroxylation sites is 1. The Morgan fingerprint density at radius 2 is 1.59 bits per heavy atom. The highest BCUT2D eigenvalue weighted by molar-refractivity contribution is 6.09. The van der Waals surface area contributed by atoms with E-state index in [9.17, 15) is 19.5 Å². The summed E-state index contributed by atoms with van der Waals surface area (Å²) in [6, 6.07) is 23.3. The van der Waals surface area contributed by atoms with E-state index in [1.54, 1.807) is 65.6 Å². The van der Waals surface area contributed by atoms with Gasteiger partial charge in [-0.3, -0.25) is 19.8 Å². The van der Waals surface area contributed by atoms with Gasteiger partial charge in [-0.05, 0) is 74.7 Å². The zero-order valence-electron chi connectivity index (χ0n) is 34.4. The van der Waals surface area contributed by atoms with Crippen LogP contribution in [0, 0.1) is 12.8 Å². The lowest BCUT2D eigenvalue weighted by molar-refractivity contribution is -0.120. The molecule has 1 unspecified atom stereocenters. The molecule has 4 aromatic rings. The summed E-state index contributed by atoms with van der Waals surface area (Å²) in [5.74, 6) is -3.99. The number of aryl methyl sites for hydroxylation is 1. The number of imide groups is 1. The number of aromatic hydroxyl groups is 1. The summed E-state index contributed by atoms with van der Waals surface area (Å²) < 4.78 is 38.1. The molecule has 8 rings (SSSR count). The number of alkyl halides is 2. The molecule has 0 spiro atoms. The van der Waals surface area contributed by atoms with E-state index in [1.165, 1.54) is 4.90 Å². The number of halogens is 2. The third-order valence-corrected chi connectivity index (χ3v) is 12.0. The number of allylic oxidation sites excluding steroid dienone is 1. The van der Waals surface area contributed by atoms with Gasteiger partial charge in [0.05, 0.1) is 36.7 Å². The van der Waals surface area contributed by atoms with E-state index in [2.05, 4.69) is 33.8 Å². The summed E-state index contributed by atoms with van der Waals surface area (Å²) in [6.07, 6.45) is 3.91. The van der Waals surface area contributed by atoms with Crippen LogP contribution in [0.25, 0.3) is 16.6 Å². The second-order valence-electron chi connectivity index (χ2n) is 16.0. The number of phenols is 1. The zero-order valence-corrected chi connectivity index (χ0v) is 34.4. The Morgan fingerprint density at radius 1 is 0.885 bits per heavy atom. The minimum atomic E-state index is -2.94. The van der Waals surface area contributed by atoms with E-state index in [1.807, 2.05) is 17.0 Å². The summed E-state index contributed by atoms with van der Waals surface area (Å²) in [7, 11) is 0. The predicted octanol–water partition coefficient (Wildman–Crippen LogP) is 4.94. The number of likely N-dealkylation sites (tertiary alicyclic amines) is 2. The lowest BCUT2D eigenvalue weighted by Crippen LogP contribution is -2.54. The highest BCUT2D eigenvalue weighted by Crippen LogP contribution is 2.38. The number of piperidine rings is 2. The number of nitrogens with one attached hydrogen (secondary N) is 1. The van der Waals surface area contributed by atoms with Crippen LogP contribution in [-0.4, -0.2) is 114 Å². The van der Waals surface area contributed by atoms with Crippen molar-refractivity contribution in [3.63, 3.8) is 0 Å². The maximum absolute atomic E-state index is 15.2. The first-order valence-corrected chi connectivity index (χ1v) is 20.8. The second kappa shape index (κ2) is 18.6. The number of carbonyl (C=O) groups excluding carboxylic acids is 3. The SMILES string of the molecule is Cc1cc2c(N3CCC(=O)NC3=O)cccc2n1C1CCN(CC2CCN(C(=O)c3ccccc3)CC2(F)F)CC1.NC(N)=C(/C=C(\N)c1ccccc1O)N1CCOCC1. The normalized spacial score (nSPS) is 20.2. The van der Waals surface area contributed by atoms with Gasteiger partial charge in [-0.25, -0.2) is 13.6 Å². The van der Waals surface area contributed by atoms with Crippen molar-refractivity contribution in [1.82, 2.24) is 24.6 Å². The van der Waals surface area contributed by atoms with Crippen molar-refractivity contribution in [3.8, 4) is 5.75 Å². The van der Waals surface area contributed by atoms with Gasteiger partial charge >= 0.3 is 6.03 Å². The van der Waals surface area contributed by atoms with Gasteiger partial charge in [0.15, 0.2) is 0 Å². The number of amides is 4. The Kier molecular flexibility index (Phi) is 13.1. The van der Waals surface area contributed by atoms with E-state index in [0.29, 0.717) is 68.5 Å². The van der Waals surface area contributed by atoms with Gasteiger partial charge in [-0.15, -0.1) is 0 Å². The van der Waals surface area contributed by atoms with Crippen LogP contribution in [0.4, 0.5) is 19.3 Å². The van der Waals surface area contributed by atoms with E-state index >= 15 is 8.78 Å². The molecule has 0 bridgehead atoms. The van der Waals surface area contributed by atoms with Gasteiger partial charge in [0.25, 0.3) is 11.8 Å². The molecule has 4 saturated heterocycles. The molecule has 16 heteroatoms. The maximum Gasteiger partial charge on any atom is 0.328 e. The largest absolute Gasteiger partial charge is 0.507 e. The molecule has 14 nitrogen and oxygen atoms in total. The molecule has 3 aromatic carbocycles. The molecule has 4 aliphatic heterocycles. The number of rotatable bonds is 8. The average molecular weight is 840 g/mol. The molecule has 324 valence electrons. The standard InChI is InChI=1S/C31H35F2N5O3.C14H20N4O2/c1-21-18-25-26(37-17-13-28(39)34-30(37)41)8-5-9-27(25)38(21)24-11-14-35(15-12-24)19-23-10-16-36(20-31(23,32)33)29(40)22-6-3-2-4-7-22;15-11(10-3-1-2-4-13(10)19)9-12(14(16)17)18-5-7-20-8-6-18/h2-9,18,23-24H,10-17,19-20H2,1H3,(H,34,39,41);1-4,9,19H,5-8,15-17H2/b;11-9-.